The van der Waals surface area contributed by atoms with E-state index < -0.39 is 5.97 Å². The molecule has 8 nitrogen and oxygen atoms in total. The molecule has 0 saturated carbocycles. The van der Waals surface area contributed by atoms with Gasteiger partial charge in [-0.3, -0.25) is 4.79 Å². The zero-order valence-electron chi connectivity index (χ0n) is 14.8. The number of carboxylic acids is 1. The van der Waals surface area contributed by atoms with Crippen molar-refractivity contribution in [2.24, 2.45) is 0 Å². The van der Waals surface area contributed by atoms with Crippen LogP contribution in [0.1, 0.15) is 31.0 Å². The van der Waals surface area contributed by atoms with E-state index >= 15 is 0 Å². The summed E-state index contributed by atoms with van der Waals surface area (Å²) in [5.74, 6) is 0.736. The first-order chi connectivity index (χ1) is 12.5. The zero-order valence-corrected chi connectivity index (χ0v) is 14.8. The molecule has 26 heavy (non-hydrogen) atoms. The lowest BCUT2D eigenvalue weighted by atomic mass is 10.1. The maximum atomic E-state index is 10.6. The number of carboxylic acid groups (broad SMARTS) is 1. The molecule has 0 amide bonds. The minimum atomic E-state index is -0.814. The predicted molar refractivity (Wildman–Crippen MR) is 98.2 cm³/mol. The molecule has 1 aromatic carbocycles. The fraction of sp³-hybridized carbons (Fsp3) is 0.389. The van der Waals surface area contributed by atoms with Gasteiger partial charge in [0.1, 0.15) is 5.75 Å². The Bertz CT molecular complexity index is 752. The van der Waals surface area contributed by atoms with Crippen LogP contribution in [0, 0.1) is 0 Å². The quantitative estimate of drug-likeness (QED) is 0.548. The number of aliphatic carboxylic acids is 1. The second-order valence-electron chi connectivity index (χ2n) is 5.69. The summed E-state index contributed by atoms with van der Waals surface area (Å²) in [5.41, 5.74) is 13.0. The summed E-state index contributed by atoms with van der Waals surface area (Å²) in [5, 5.41) is 8.74. The average Bonchev–Trinajstić information content (AvgIpc) is 2.61. The van der Waals surface area contributed by atoms with Crippen LogP contribution in [0.15, 0.2) is 24.3 Å². The second kappa shape index (κ2) is 9.45. The summed E-state index contributed by atoms with van der Waals surface area (Å²) >= 11 is 0. The van der Waals surface area contributed by atoms with Crippen LogP contribution in [0.5, 0.6) is 11.5 Å². The number of nitrogens with two attached hydrogens (primary N) is 2. The maximum absolute atomic E-state index is 10.6. The number of aromatic nitrogens is 2. The Morgan fingerprint density at radius 3 is 2.69 bits per heavy atom. The number of rotatable bonds is 10. The lowest BCUT2D eigenvalue weighted by Crippen LogP contribution is -2.11. The van der Waals surface area contributed by atoms with Crippen molar-refractivity contribution in [3.05, 3.63) is 35.5 Å². The molecule has 0 bridgehead atoms. The van der Waals surface area contributed by atoms with Gasteiger partial charge in [-0.2, -0.15) is 4.98 Å². The summed E-state index contributed by atoms with van der Waals surface area (Å²) < 4.78 is 11.4. The SMILES string of the molecule is CCc1nc(N)nc(N)c1OCCCOc1cccc(CCC(=O)O)c1. The first-order valence-electron chi connectivity index (χ1n) is 8.47. The van der Waals surface area contributed by atoms with Crippen LogP contribution in [0.4, 0.5) is 11.8 Å². The highest BCUT2D eigenvalue weighted by atomic mass is 16.5. The van der Waals surface area contributed by atoms with Crippen LogP contribution in [-0.4, -0.2) is 34.3 Å². The molecule has 140 valence electrons. The Labute approximate surface area is 152 Å². The number of nitrogens with zero attached hydrogens (tertiary/aromatic N) is 2. The molecular formula is C18H24N4O4. The largest absolute Gasteiger partial charge is 0.493 e. The number of aryl methyl sites for hydroxylation is 2. The average molecular weight is 360 g/mol. The van der Waals surface area contributed by atoms with Crippen molar-refractivity contribution >= 4 is 17.7 Å². The fourth-order valence-corrected chi connectivity index (χ4v) is 2.40. The Kier molecular flexibility index (Phi) is 7.02. The van der Waals surface area contributed by atoms with E-state index in [9.17, 15) is 4.79 Å². The van der Waals surface area contributed by atoms with Crippen LogP contribution >= 0.6 is 0 Å². The summed E-state index contributed by atoms with van der Waals surface area (Å²) in [4.78, 5) is 18.7. The van der Waals surface area contributed by atoms with Crippen LogP contribution in [0.25, 0.3) is 0 Å². The molecular weight excluding hydrogens is 336 g/mol. The van der Waals surface area contributed by atoms with Gasteiger partial charge in [0.15, 0.2) is 11.6 Å². The number of hydrogen-bond acceptors (Lipinski definition) is 7. The van der Waals surface area contributed by atoms with Gasteiger partial charge in [-0.15, -0.1) is 0 Å². The molecule has 2 rings (SSSR count). The molecule has 0 radical (unpaired) electrons. The monoisotopic (exact) mass is 360 g/mol. The van der Waals surface area contributed by atoms with Gasteiger partial charge in [-0.1, -0.05) is 19.1 Å². The van der Waals surface area contributed by atoms with Crippen molar-refractivity contribution in [3.63, 3.8) is 0 Å². The Morgan fingerprint density at radius 2 is 1.96 bits per heavy atom. The topological polar surface area (TPSA) is 134 Å². The zero-order chi connectivity index (χ0) is 18.9. The van der Waals surface area contributed by atoms with Gasteiger partial charge < -0.3 is 26.0 Å². The molecule has 1 heterocycles. The number of ether oxygens (including phenoxy) is 2. The van der Waals surface area contributed by atoms with Crippen molar-refractivity contribution in [1.29, 1.82) is 0 Å². The van der Waals surface area contributed by atoms with Crippen molar-refractivity contribution < 1.29 is 19.4 Å². The number of benzene rings is 1. The molecule has 2 aromatic rings. The molecule has 1 aromatic heterocycles. The minimum Gasteiger partial charge on any atom is -0.493 e. The smallest absolute Gasteiger partial charge is 0.303 e. The number of hydrogen-bond donors (Lipinski definition) is 3. The predicted octanol–water partition coefficient (Wildman–Crippen LogP) is 2.07. The van der Waals surface area contributed by atoms with Gasteiger partial charge in [-0.25, -0.2) is 4.98 Å². The Hall–Kier alpha value is -3.03. The number of anilines is 2. The number of carbonyl (C=O) groups is 1. The van der Waals surface area contributed by atoms with E-state index in [0.29, 0.717) is 49.7 Å². The number of nitrogen functional groups attached to an aromatic ring is 2. The molecule has 0 aliphatic rings. The normalized spacial score (nSPS) is 10.5. The lowest BCUT2D eigenvalue weighted by molar-refractivity contribution is -0.136. The van der Waals surface area contributed by atoms with Crippen LogP contribution in [-0.2, 0) is 17.6 Å². The van der Waals surface area contributed by atoms with E-state index in [4.69, 9.17) is 26.0 Å². The highest BCUT2D eigenvalue weighted by Gasteiger charge is 2.11. The fourth-order valence-electron chi connectivity index (χ4n) is 2.40. The Balaban J connectivity index is 1.79. The molecule has 5 N–H and O–H groups in total. The third-order valence-electron chi connectivity index (χ3n) is 3.64. The molecule has 0 aliphatic heterocycles. The van der Waals surface area contributed by atoms with E-state index in [1.165, 1.54) is 0 Å². The molecule has 0 saturated heterocycles. The first kappa shape index (κ1) is 19.3. The molecule has 8 heteroatoms. The van der Waals surface area contributed by atoms with Gasteiger partial charge in [0.05, 0.1) is 18.9 Å². The summed E-state index contributed by atoms with van der Waals surface area (Å²) in [6.45, 7) is 2.80. The highest BCUT2D eigenvalue weighted by Crippen LogP contribution is 2.24. The molecule has 0 fully saturated rings. The molecule has 0 unspecified atom stereocenters. The van der Waals surface area contributed by atoms with Gasteiger partial charge >= 0.3 is 5.97 Å². The third-order valence-corrected chi connectivity index (χ3v) is 3.64. The molecule has 0 aliphatic carbocycles. The lowest BCUT2D eigenvalue weighted by Gasteiger charge is -2.12. The first-order valence-corrected chi connectivity index (χ1v) is 8.47. The van der Waals surface area contributed by atoms with Gasteiger partial charge in [0.25, 0.3) is 0 Å². The Morgan fingerprint density at radius 1 is 1.19 bits per heavy atom. The van der Waals surface area contributed by atoms with E-state index in [2.05, 4.69) is 9.97 Å². The van der Waals surface area contributed by atoms with Gasteiger partial charge in [-0.05, 0) is 30.5 Å². The van der Waals surface area contributed by atoms with Crippen molar-refractivity contribution in [2.45, 2.75) is 32.6 Å². The van der Waals surface area contributed by atoms with E-state index in [1.807, 2.05) is 31.2 Å². The van der Waals surface area contributed by atoms with Crippen LogP contribution < -0.4 is 20.9 Å². The second-order valence-corrected chi connectivity index (χ2v) is 5.69. The minimum absolute atomic E-state index is 0.0993. The van der Waals surface area contributed by atoms with Gasteiger partial charge in [0.2, 0.25) is 5.95 Å². The van der Waals surface area contributed by atoms with E-state index in [-0.39, 0.29) is 18.2 Å². The summed E-state index contributed by atoms with van der Waals surface area (Å²) in [6, 6.07) is 7.43. The standard InChI is InChI=1S/C18H24N4O4/c1-2-14-16(17(19)22-18(20)21-14)26-10-4-9-25-13-6-3-5-12(11-13)7-8-15(23)24/h3,5-6,11H,2,4,7-10H2,1H3,(H,23,24)(H4,19,20,21,22). The van der Waals surface area contributed by atoms with Crippen LogP contribution in [0.3, 0.4) is 0 Å². The summed E-state index contributed by atoms with van der Waals surface area (Å²) in [7, 11) is 0. The van der Waals surface area contributed by atoms with E-state index in [1.54, 1.807) is 0 Å². The van der Waals surface area contributed by atoms with Gasteiger partial charge in [0, 0.05) is 12.8 Å². The molecule has 0 spiro atoms. The van der Waals surface area contributed by atoms with Crippen molar-refractivity contribution in [1.82, 2.24) is 9.97 Å². The van der Waals surface area contributed by atoms with Crippen molar-refractivity contribution in [3.8, 4) is 11.5 Å². The third kappa shape index (κ3) is 5.80. The highest BCUT2D eigenvalue weighted by molar-refractivity contribution is 5.67. The van der Waals surface area contributed by atoms with E-state index in [0.717, 1.165) is 5.56 Å². The van der Waals surface area contributed by atoms with Crippen molar-refractivity contribution in [2.75, 3.05) is 24.7 Å². The molecule has 0 atom stereocenters. The maximum Gasteiger partial charge on any atom is 0.303 e. The van der Waals surface area contributed by atoms with Crippen LogP contribution in [0.2, 0.25) is 0 Å². The summed E-state index contributed by atoms with van der Waals surface area (Å²) in [6.07, 6.45) is 1.87.